The zero-order chi connectivity index (χ0) is 17.6. The molecule has 0 bridgehead atoms. The number of thioether (sulfide) groups is 1. The summed E-state index contributed by atoms with van der Waals surface area (Å²) >= 11 is 2.92. The van der Waals surface area contributed by atoms with E-state index in [1.165, 1.54) is 42.4 Å². The van der Waals surface area contributed by atoms with E-state index in [0.717, 1.165) is 27.1 Å². The molecule has 1 aliphatic rings. The van der Waals surface area contributed by atoms with Crippen molar-refractivity contribution in [1.29, 1.82) is 0 Å². The van der Waals surface area contributed by atoms with Crippen LogP contribution in [0.4, 0.5) is 10.8 Å². The second-order valence-electron chi connectivity index (χ2n) is 6.54. The van der Waals surface area contributed by atoms with Gasteiger partial charge in [0.05, 0.1) is 5.75 Å². The summed E-state index contributed by atoms with van der Waals surface area (Å²) in [7, 11) is 0. The lowest BCUT2D eigenvalue weighted by Gasteiger charge is -2.29. The fourth-order valence-electron chi connectivity index (χ4n) is 3.05. The van der Waals surface area contributed by atoms with Crippen molar-refractivity contribution >= 4 is 39.8 Å². The van der Waals surface area contributed by atoms with Crippen LogP contribution < -0.4 is 10.6 Å². The zero-order valence-corrected chi connectivity index (χ0v) is 16.3. The van der Waals surface area contributed by atoms with Gasteiger partial charge in [0.15, 0.2) is 4.34 Å². The summed E-state index contributed by atoms with van der Waals surface area (Å²) in [5.74, 6) is 1.06. The molecule has 134 valence electrons. The van der Waals surface area contributed by atoms with Crippen molar-refractivity contribution in [3.63, 3.8) is 0 Å². The molecule has 2 aromatic rings. The Morgan fingerprint density at radius 3 is 2.88 bits per heavy atom. The maximum atomic E-state index is 12.2. The Kier molecular flexibility index (Phi) is 6.31. The van der Waals surface area contributed by atoms with Gasteiger partial charge >= 0.3 is 0 Å². The molecule has 0 saturated heterocycles. The first kappa shape index (κ1) is 18.2. The van der Waals surface area contributed by atoms with E-state index < -0.39 is 0 Å². The Balaban J connectivity index is 1.48. The Labute approximate surface area is 157 Å². The number of benzene rings is 1. The van der Waals surface area contributed by atoms with Gasteiger partial charge in [-0.25, -0.2) is 0 Å². The number of hydrogen-bond acceptors (Lipinski definition) is 6. The third-order valence-corrected chi connectivity index (χ3v) is 6.55. The first-order valence-electron chi connectivity index (χ1n) is 8.70. The van der Waals surface area contributed by atoms with Gasteiger partial charge in [-0.05, 0) is 37.3 Å². The molecule has 2 unspecified atom stereocenters. The highest BCUT2D eigenvalue weighted by Crippen LogP contribution is 2.29. The molecule has 1 saturated carbocycles. The fraction of sp³-hybridized carbons (Fsp3) is 0.500. The minimum absolute atomic E-state index is 0.0902. The van der Waals surface area contributed by atoms with Crippen LogP contribution >= 0.6 is 23.1 Å². The fourth-order valence-corrected chi connectivity index (χ4v) is 4.63. The largest absolute Gasteiger partial charge is 0.352 e. The molecule has 7 heteroatoms. The van der Waals surface area contributed by atoms with Crippen molar-refractivity contribution in [2.45, 2.75) is 49.9 Å². The second kappa shape index (κ2) is 8.67. The molecular weight excluding hydrogens is 352 g/mol. The SMILES string of the molecule is Cc1ccccc1Nc1nnc(SCC(=O)NC2CCCCC2C)s1. The normalized spacial score (nSPS) is 20.2. The van der Waals surface area contributed by atoms with Crippen LogP contribution in [0, 0.1) is 12.8 Å². The molecule has 2 N–H and O–H groups in total. The number of hydrogen-bond donors (Lipinski definition) is 2. The van der Waals surface area contributed by atoms with Crippen molar-refractivity contribution < 1.29 is 4.79 Å². The molecule has 1 fully saturated rings. The van der Waals surface area contributed by atoms with Crippen molar-refractivity contribution in [1.82, 2.24) is 15.5 Å². The van der Waals surface area contributed by atoms with Crippen LogP contribution in [0.25, 0.3) is 0 Å². The van der Waals surface area contributed by atoms with Gasteiger partial charge in [0.2, 0.25) is 11.0 Å². The number of aryl methyl sites for hydroxylation is 1. The molecule has 1 aromatic heterocycles. The van der Waals surface area contributed by atoms with E-state index in [9.17, 15) is 4.79 Å². The van der Waals surface area contributed by atoms with E-state index >= 15 is 0 Å². The van der Waals surface area contributed by atoms with Crippen LogP contribution in [0.3, 0.4) is 0 Å². The molecule has 1 heterocycles. The quantitative estimate of drug-likeness (QED) is 0.733. The van der Waals surface area contributed by atoms with Gasteiger partial charge in [-0.3, -0.25) is 4.79 Å². The first-order valence-corrected chi connectivity index (χ1v) is 10.5. The van der Waals surface area contributed by atoms with E-state index in [0.29, 0.717) is 17.7 Å². The number of aromatic nitrogens is 2. The van der Waals surface area contributed by atoms with Gasteiger partial charge in [0.25, 0.3) is 0 Å². The topological polar surface area (TPSA) is 66.9 Å². The first-order chi connectivity index (χ1) is 12.1. The smallest absolute Gasteiger partial charge is 0.230 e. The van der Waals surface area contributed by atoms with E-state index in [1.807, 2.05) is 18.2 Å². The number of rotatable bonds is 6. The summed E-state index contributed by atoms with van der Waals surface area (Å²) in [4.78, 5) is 12.2. The molecule has 2 atom stereocenters. The zero-order valence-electron chi connectivity index (χ0n) is 14.6. The summed E-state index contributed by atoms with van der Waals surface area (Å²) in [6.07, 6.45) is 4.81. The number of carbonyl (C=O) groups excluding carboxylic acids is 1. The summed E-state index contributed by atoms with van der Waals surface area (Å²) < 4.78 is 0.808. The standard InChI is InChI=1S/C18H24N4OS2/c1-12-7-3-5-9-14(12)19-16(23)11-24-18-22-21-17(25-18)20-15-10-6-4-8-13(15)2/h4,6,8,10,12,14H,3,5,7,9,11H2,1-2H3,(H,19,23)(H,20,21). The molecule has 0 aliphatic heterocycles. The number of para-hydroxylation sites is 1. The highest BCUT2D eigenvalue weighted by molar-refractivity contribution is 8.01. The van der Waals surface area contributed by atoms with Crippen LogP contribution in [-0.2, 0) is 4.79 Å². The third kappa shape index (κ3) is 5.19. The maximum absolute atomic E-state index is 12.2. The average Bonchev–Trinajstić information content (AvgIpc) is 3.05. The van der Waals surface area contributed by atoms with Crippen LogP contribution in [0.1, 0.15) is 38.2 Å². The summed E-state index contributed by atoms with van der Waals surface area (Å²) in [6, 6.07) is 8.39. The minimum Gasteiger partial charge on any atom is -0.352 e. The maximum Gasteiger partial charge on any atom is 0.230 e. The minimum atomic E-state index is 0.0902. The Morgan fingerprint density at radius 1 is 1.28 bits per heavy atom. The van der Waals surface area contributed by atoms with Crippen LogP contribution in [0.2, 0.25) is 0 Å². The van der Waals surface area contributed by atoms with Gasteiger partial charge in [-0.15, -0.1) is 10.2 Å². The Hall–Kier alpha value is -1.60. The van der Waals surface area contributed by atoms with Crippen molar-refractivity contribution in [3.8, 4) is 0 Å². The molecule has 3 rings (SSSR count). The summed E-state index contributed by atoms with van der Waals surface area (Å²) in [6.45, 7) is 4.28. The Morgan fingerprint density at radius 2 is 2.08 bits per heavy atom. The van der Waals surface area contributed by atoms with Crippen molar-refractivity contribution in [2.75, 3.05) is 11.1 Å². The molecule has 25 heavy (non-hydrogen) atoms. The van der Waals surface area contributed by atoms with Gasteiger partial charge in [0, 0.05) is 11.7 Å². The predicted octanol–water partition coefficient (Wildman–Crippen LogP) is 4.38. The van der Waals surface area contributed by atoms with E-state index in [1.54, 1.807) is 0 Å². The predicted molar refractivity (Wildman–Crippen MR) is 105 cm³/mol. The van der Waals surface area contributed by atoms with E-state index in [4.69, 9.17) is 0 Å². The molecule has 0 spiro atoms. The summed E-state index contributed by atoms with van der Waals surface area (Å²) in [5, 5.41) is 15.5. The van der Waals surface area contributed by atoms with Crippen molar-refractivity contribution in [3.05, 3.63) is 29.8 Å². The summed E-state index contributed by atoms with van der Waals surface area (Å²) in [5.41, 5.74) is 2.19. The third-order valence-electron chi connectivity index (χ3n) is 4.58. The number of anilines is 2. The second-order valence-corrected chi connectivity index (χ2v) is 8.74. The average molecular weight is 377 g/mol. The Bertz CT molecular complexity index is 719. The van der Waals surface area contributed by atoms with E-state index in [-0.39, 0.29) is 5.91 Å². The monoisotopic (exact) mass is 376 g/mol. The highest BCUT2D eigenvalue weighted by atomic mass is 32.2. The van der Waals surface area contributed by atoms with Crippen LogP contribution in [0.5, 0.6) is 0 Å². The lowest BCUT2D eigenvalue weighted by atomic mass is 9.86. The molecule has 1 amide bonds. The van der Waals surface area contributed by atoms with Gasteiger partial charge in [-0.1, -0.05) is 61.1 Å². The molecule has 1 aliphatic carbocycles. The van der Waals surface area contributed by atoms with Crippen LogP contribution in [-0.4, -0.2) is 27.9 Å². The van der Waals surface area contributed by atoms with E-state index in [2.05, 4.69) is 40.7 Å². The van der Waals surface area contributed by atoms with Crippen LogP contribution in [0.15, 0.2) is 28.6 Å². The molecule has 5 nitrogen and oxygen atoms in total. The molecule has 0 radical (unpaired) electrons. The number of carbonyl (C=O) groups is 1. The van der Waals surface area contributed by atoms with Gasteiger partial charge < -0.3 is 10.6 Å². The number of nitrogens with one attached hydrogen (secondary N) is 2. The molecule has 1 aromatic carbocycles. The lowest BCUT2D eigenvalue weighted by Crippen LogP contribution is -2.41. The number of amides is 1. The number of nitrogens with zero attached hydrogens (tertiary/aromatic N) is 2. The van der Waals surface area contributed by atoms with Gasteiger partial charge in [0.1, 0.15) is 0 Å². The molecular formula is C18H24N4OS2. The lowest BCUT2D eigenvalue weighted by molar-refractivity contribution is -0.119. The highest BCUT2D eigenvalue weighted by Gasteiger charge is 2.22. The van der Waals surface area contributed by atoms with Crippen molar-refractivity contribution in [2.24, 2.45) is 5.92 Å². The van der Waals surface area contributed by atoms with Gasteiger partial charge in [-0.2, -0.15) is 0 Å².